The number of hydrogen-bond donors (Lipinski definition) is 2. The lowest BCUT2D eigenvalue weighted by Gasteiger charge is -2.29. The number of allylic oxidation sites excluding steroid dienone is 5. The minimum Gasteiger partial charge on any atom is -0.756 e. The van der Waals surface area contributed by atoms with Gasteiger partial charge in [-0.1, -0.05) is 294 Å². The van der Waals surface area contributed by atoms with Crippen LogP contribution < -0.4 is 10.2 Å². The smallest absolute Gasteiger partial charge is 0.268 e. The number of unbranched alkanes of at least 4 members (excludes halogenated alkanes) is 43. The lowest BCUT2D eigenvalue weighted by molar-refractivity contribution is -0.870. The third-order valence-electron chi connectivity index (χ3n) is 14.8. The van der Waals surface area contributed by atoms with Crippen molar-refractivity contribution in [3.8, 4) is 0 Å². The van der Waals surface area contributed by atoms with Gasteiger partial charge in [0, 0.05) is 6.42 Å². The van der Waals surface area contributed by atoms with Gasteiger partial charge in [-0.3, -0.25) is 9.36 Å². The van der Waals surface area contributed by atoms with Gasteiger partial charge in [-0.15, -0.1) is 0 Å². The van der Waals surface area contributed by atoms with Crippen LogP contribution in [0.4, 0.5) is 0 Å². The number of nitrogens with one attached hydrogen (secondary N) is 1. The summed E-state index contributed by atoms with van der Waals surface area (Å²) in [6, 6.07) is -0.904. The number of aliphatic hydroxyl groups excluding tert-OH is 1. The van der Waals surface area contributed by atoms with Gasteiger partial charge < -0.3 is 28.8 Å². The van der Waals surface area contributed by atoms with E-state index >= 15 is 0 Å². The van der Waals surface area contributed by atoms with Crippen LogP contribution >= 0.6 is 7.82 Å². The largest absolute Gasteiger partial charge is 0.756 e. The summed E-state index contributed by atoms with van der Waals surface area (Å²) in [4.78, 5) is 25.6. The van der Waals surface area contributed by atoms with Gasteiger partial charge in [0.2, 0.25) is 5.91 Å². The number of aliphatic hydroxyl groups is 1. The zero-order valence-electron chi connectivity index (χ0n) is 50.1. The van der Waals surface area contributed by atoms with E-state index in [0.29, 0.717) is 17.4 Å². The van der Waals surface area contributed by atoms with Crippen molar-refractivity contribution in [2.45, 2.75) is 334 Å². The van der Waals surface area contributed by atoms with Crippen molar-refractivity contribution >= 4 is 13.7 Å². The Labute approximate surface area is 461 Å². The molecule has 0 fully saturated rings. The SMILES string of the molecule is CCCCCCCCCC/C=C\CCCCCCCCCCCCCCCC(=O)NC(COP(=O)([O-])OCC[N+](C)(C)C)C(O)/C=C/CC/C=C/CCCCCCCCCCCCCCCCCCCCCCC. The number of phosphoric ester groups is 1. The number of amides is 1. The second kappa shape index (κ2) is 56.4. The molecule has 0 aliphatic heterocycles. The summed E-state index contributed by atoms with van der Waals surface area (Å²) in [5.74, 6) is -0.202. The van der Waals surface area contributed by atoms with E-state index in [1.165, 1.54) is 263 Å². The number of likely N-dealkylation sites (N-methyl/N-ethyl adjacent to an activating group) is 1. The van der Waals surface area contributed by atoms with Gasteiger partial charge in [-0.2, -0.15) is 0 Å². The van der Waals surface area contributed by atoms with Crippen molar-refractivity contribution in [2.75, 3.05) is 40.9 Å². The third-order valence-corrected chi connectivity index (χ3v) is 15.8. The minimum absolute atomic E-state index is 0.00516. The molecule has 0 bridgehead atoms. The fraction of sp³-hybridized carbons (Fsp3) is 0.892. The summed E-state index contributed by atoms with van der Waals surface area (Å²) in [6.07, 6.45) is 73.9. The second-order valence-electron chi connectivity index (χ2n) is 23.5. The highest BCUT2D eigenvalue weighted by atomic mass is 31.2. The monoisotopic (exact) mass is 1060 g/mol. The van der Waals surface area contributed by atoms with E-state index in [2.05, 4.69) is 43.5 Å². The summed E-state index contributed by atoms with van der Waals surface area (Å²) in [7, 11) is 1.26. The first-order valence-electron chi connectivity index (χ1n) is 32.4. The molecule has 0 saturated carbocycles. The molecule has 0 heterocycles. The molecule has 0 rings (SSSR count). The first-order chi connectivity index (χ1) is 36.0. The molecular formula is C65H127N2O6P. The molecule has 0 radical (unpaired) electrons. The van der Waals surface area contributed by atoms with E-state index in [-0.39, 0.29) is 19.1 Å². The van der Waals surface area contributed by atoms with Gasteiger partial charge in [-0.25, -0.2) is 0 Å². The Hall–Kier alpha value is -1.28. The van der Waals surface area contributed by atoms with Crippen molar-refractivity contribution in [1.82, 2.24) is 5.32 Å². The summed E-state index contributed by atoms with van der Waals surface area (Å²) < 4.78 is 23.4. The maximum atomic E-state index is 13.0. The van der Waals surface area contributed by atoms with Gasteiger partial charge in [0.15, 0.2) is 0 Å². The van der Waals surface area contributed by atoms with Gasteiger partial charge in [-0.05, 0) is 57.8 Å². The first-order valence-corrected chi connectivity index (χ1v) is 33.8. The third kappa shape index (κ3) is 58.4. The zero-order chi connectivity index (χ0) is 54.2. The van der Waals surface area contributed by atoms with Gasteiger partial charge in [0.25, 0.3) is 7.82 Å². The zero-order valence-corrected chi connectivity index (χ0v) is 51.0. The molecule has 0 aromatic carbocycles. The molecule has 1 amide bonds. The van der Waals surface area contributed by atoms with E-state index in [1.54, 1.807) is 6.08 Å². The molecule has 0 aromatic heterocycles. The van der Waals surface area contributed by atoms with E-state index < -0.39 is 20.0 Å². The summed E-state index contributed by atoms with van der Waals surface area (Å²) >= 11 is 0. The maximum absolute atomic E-state index is 13.0. The Morgan fingerprint density at radius 3 is 1.09 bits per heavy atom. The van der Waals surface area contributed by atoms with Crippen LogP contribution in [0.25, 0.3) is 0 Å². The molecule has 74 heavy (non-hydrogen) atoms. The minimum atomic E-state index is -4.61. The molecule has 8 nitrogen and oxygen atoms in total. The Balaban J connectivity index is 4.16. The Bertz CT molecular complexity index is 1300. The van der Waals surface area contributed by atoms with Crippen molar-refractivity contribution in [1.29, 1.82) is 0 Å². The molecule has 0 aliphatic rings. The molecule has 2 N–H and O–H groups in total. The highest BCUT2D eigenvalue weighted by molar-refractivity contribution is 7.45. The molecule has 3 unspecified atom stereocenters. The average molecular weight is 1060 g/mol. The van der Waals surface area contributed by atoms with Crippen LogP contribution in [-0.4, -0.2) is 68.5 Å². The predicted molar refractivity (Wildman–Crippen MR) is 321 cm³/mol. The van der Waals surface area contributed by atoms with Crippen molar-refractivity contribution in [2.24, 2.45) is 0 Å². The number of hydrogen-bond acceptors (Lipinski definition) is 6. The number of rotatable bonds is 60. The standard InChI is InChI=1S/C65H127N2O6P/c1-6-8-10-12-14-16-18-20-22-24-26-28-30-32-33-35-36-38-40-42-44-46-48-50-52-54-56-58-64(68)63(62-73-74(70,71)72-61-60-67(3,4)5)66-65(69)59-57-55-53-51-49-47-45-43-41-39-37-34-31-29-27-25-23-21-19-17-15-13-11-9-7-2/h25,27,48,50,56,58,63-64,68H,6-24,26,28-47,49,51-55,57,59-62H2,1-5H3,(H-,66,69,70,71)/b27-25-,50-48+,58-56+. The van der Waals surface area contributed by atoms with Crippen LogP contribution in [0.1, 0.15) is 322 Å². The summed E-state index contributed by atoms with van der Waals surface area (Å²) in [5.41, 5.74) is 0. The van der Waals surface area contributed by atoms with Crippen LogP contribution in [-0.2, 0) is 18.4 Å². The quantitative estimate of drug-likeness (QED) is 0.0272. The second-order valence-corrected chi connectivity index (χ2v) is 24.9. The number of carbonyl (C=O) groups is 1. The lowest BCUT2D eigenvalue weighted by Crippen LogP contribution is -2.45. The van der Waals surface area contributed by atoms with Crippen LogP contribution in [0.15, 0.2) is 36.5 Å². The van der Waals surface area contributed by atoms with Crippen molar-refractivity contribution in [3.63, 3.8) is 0 Å². The Kier molecular flexibility index (Phi) is 55.5. The highest BCUT2D eigenvalue weighted by Crippen LogP contribution is 2.38. The maximum Gasteiger partial charge on any atom is 0.268 e. The Morgan fingerprint density at radius 1 is 0.459 bits per heavy atom. The number of quaternary nitrogens is 1. The van der Waals surface area contributed by atoms with E-state index in [9.17, 15) is 19.4 Å². The van der Waals surface area contributed by atoms with E-state index in [0.717, 1.165) is 38.5 Å². The number of phosphoric acid groups is 1. The van der Waals surface area contributed by atoms with Gasteiger partial charge in [0.05, 0.1) is 39.9 Å². The van der Waals surface area contributed by atoms with Gasteiger partial charge in [0.1, 0.15) is 13.2 Å². The van der Waals surface area contributed by atoms with E-state index in [1.807, 2.05) is 27.2 Å². The van der Waals surface area contributed by atoms with Crippen molar-refractivity contribution in [3.05, 3.63) is 36.5 Å². The molecular weight excluding hydrogens is 936 g/mol. The summed E-state index contributed by atoms with van der Waals surface area (Å²) in [6.45, 7) is 4.68. The molecule has 438 valence electrons. The predicted octanol–water partition coefficient (Wildman–Crippen LogP) is 19.5. The summed E-state index contributed by atoms with van der Waals surface area (Å²) in [5, 5.41) is 13.9. The van der Waals surface area contributed by atoms with E-state index in [4.69, 9.17) is 9.05 Å². The number of nitrogens with zero attached hydrogens (tertiary/aromatic N) is 1. The average Bonchev–Trinajstić information content (AvgIpc) is 3.36. The molecule has 0 aliphatic carbocycles. The molecule has 0 aromatic rings. The molecule has 9 heteroatoms. The normalized spacial score (nSPS) is 14.0. The fourth-order valence-electron chi connectivity index (χ4n) is 9.76. The Morgan fingerprint density at radius 2 is 0.757 bits per heavy atom. The fourth-order valence-corrected chi connectivity index (χ4v) is 10.5. The van der Waals surface area contributed by atoms with Crippen LogP contribution in [0.5, 0.6) is 0 Å². The molecule has 0 saturated heterocycles. The number of carbonyl (C=O) groups excluding carboxylic acids is 1. The van der Waals surface area contributed by atoms with Crippen LogP contribution in [0, 0.1) is 0 Å². The topological polar surface area (TPSA) is 108 Å². The lowest BCUT2D eigenvalue weighted by atomic mass is 10.0. The van der Waals surface area contributed by atoms with Crippen LogP contribution in [0.3, 0.4) is 0 Å². The first kappa shape index (κ1) is 72.7. The molecule has 0 spiro atoms. The molecule has 3 atom stereocenters. The van der Waals surface area contributed by atoms with Crippen molar-refractivity contribution < 1.29 is 32.9 Å². The van der Waals surface area contributed by atoms with Crippen LogP contribution in [0.2, 0.25) is 0 Å². The highest BCUT2D eigenvalue weighted by Gasteiger charge is 2.23. The van der Waals surface area contributed by atoms with Gasteiger partial charge >= 0.3 is 0 Å².